The van der Waals surface area contributed by atoms with Crippen molar-refractivity contribution >= 4 is 5.78 Å². The molecule has 0 aliphatic heterocycles. The van der Waals surface area contributed by atoms with Gasteiger partial charge in [-0.1, -0.05) is 0 Å². The third-order valence-electron chi connectivity index (χ3n) is 3.16. The first-order chi connectivity index (χ1) is 10.1. The number of ketones is 1. The number of Topliss-reactive ketones (excluding diaryl/α,β-unsaturated/α-hetero) is 1. The summed E-state index contributed by atoms with van der Waals surface area (Å²) in [5.74, 6) is 1.70. The highest BCUT2D eigenvalue weighted by atomic mass is 16.5. The lowest BCUT2D eigenvalue weighted by Gasteiger charge is -2.11. The topological polar surface area (TPSA) is 66.2 Å². The molecule has 0 saturated heterocycles. The fraction of sp³-hybridized carbons (Fsp3) is 0.400. The lowest BCUT2D eigenvalue weighted by molar-refractivity contribution is 0.0985. The Morgan fingerprint density at radius 3 is 2.67 bits per heavy atom. The predicted molar refractivity (Wildman–Crippen MR) is 78.0 cm³/mol. The summed E-state index contributed by atoms with van der Waals surface area (Å²) in [5, 5.41) is 4.14. The molecule has 0 aliphatic carbocycles. The molecule has 2 aromatic rings. The number of methoxy groups -OCH3 is 2. The number of hydrogen-bond acceptors (Lipinski definition) is 5. The van der Waals surface area contributed by atoms with E-state index in [2.05, 4.69) is 10.1 Å². The van der Waals surface area contributed by atoms with Crippen molar-refractivity contribution in [2.24, 2.45) is 0 Å². The lowest BCUT2D eigenvalue weighted by atomic mass is 10.1. The van der Waals surface area contributed by atoms with Gasteiger partial charge in [0.15, 0.2) is 5.78 Å². The number of ether oxygens (including phenoxy) is 2. The Balaban J connectivity index is 2.29. The van der Waals surface area contributed by atoms with Crippen molar-refractivity contribution in [3.8, 4) is 11.5 Å². The van der Waals surface area contributed by atoms with Gasteiger partial charge in [-0.2, -0.15) is 5.10 Å². The van der Waals surface area contributed by atoms with Crippen LogP contribution in [0.4, 0.5) is 0 Å². The van der Waals surface area contributed by atoms with Gasteiger partial charge < -0.3 is 9.47 Å². The summed E-state index contributed by atoms with van der Waals surface area (Å²) >= 11 is 0. The van der Waals surface area contributed by atoms with Crippen LogP contribution in [0.1, 0.15) is 36.1 Å². The molecule has 0 saturated carbocycles. The van der Waals surface area contributed by atoms with Gasteiger partial charge in [0.25, 0.3) is 0 Å². The van der Waals surface area contributed by atoms with Crippen LogP contribution in [0.5, 0.6) is 11.5 Å². The second kappa shape index (κ2) is 6.39. The van der Waals surface area contributed by atoms with E-state index in [0.29, 0.717) is 22.9 Å². The van der Waals surface area contributed by atoms with Gasteiger partial charge in [-0.3, -0.25) is 4.79 Å². The fourth-order valence-electron chi connectivity index (χ4n) is 2.10. The van der Waals surface area contributed by atoms with Gasteiger partial charge >= 0.3 is 0 Å². The van der Waals surface area contributed by atoms with E-state index in [4.69, 9.17) is 9.47 Å². The molecule has 0 atom stereocenters. The van der Waals surface area contributed by atoms with Crippen LogP contribution in [-0.2, 0) is 6.42 Å². The van der Waals surface area contributed by atoms with Crippen molar-refractivity contribution in [2.45, 2.75) is 26.3 Å². The van der Waals surface area contributed by atoms with Crippen LogP contribution in [0, 0.1) is 0 Å². The number of nitrogens with zero attached hydrogens (tertiary/aromatic N) is 3. The molecule has 112 valence electrons. The van der Waals surface area contributed by atoms with Crippen molar-refractivity contribution in [1.82, 2.24) is 14.8 Å². The molecule has 0 fully saturated rings. The Morgan fingerprint density at radius 2 is 2.05 bits per heavy atom. The highest BCUT2D eigenvalue weighted by molar-refractivity contribution is 6.00. The van der Waals surface area contributed by atoms with Crippen LogP contribution in [0.3, 0.4) is 0 Å². The minimum atomic E-state index is -0.0827. The van der Waals surface area contributed by atoms with Gasteiger partial charge in [0.05, 0.1) is 26.2 Å². The van der Waals surface area contributed by atoms with Gasteiger partial charge in [-0.25, -0.2) is 9.67 Å². The van der Waals surface area contributed by atoms with E-state index in [1.54, 1.807) is 30.0 Å². The number of hydrogen-bond donors (Lipinski definition) is 0. The Kier molecular flexibility index (Phi) is 4.57. The smallest absolute Gasteiger partial charge is 0.174 e. The quantitative estimate of drug-likeness (QED) is 0.763. The van der Waals surface area contributed by atoms with Crippen LogP contribution < -0.4 is 9.47 Å². The summed E-state index contributed by atoms with van der Waals surface area (Å²) in [6.45, 7) is 3.99. The van der Waals surface area contributed by atoms with Crippen LogP contribution in [0.25, 0.3) is 0 Å². The molecule has 0 spiro atoms. The Hall–Kier alpha value is -2.37. The molecule has 6 heteroatoms. The highest BCUT2D eigenvalue weighted by Crippen LogP contribution is 2.25. The van der Waals surface area contributed by atoms with Gasteiger partial charge in [0, 0.05) is 6.04 Å². The van der Waals surface area contributed by atoms with Gasteiger partial charge in [-0.15, -0.1) is 0 Å². The van der Waals surface area contributed by atoms with E-state index in [-0.39, 0.29) is 18.2 Å². The molecule has 2 rings (SSSR count). The molecule has 1 aromatic heterocycles. The normalized spacial score (nSPS) is 10.7. The second-order valence-corrected chi connectivity index (χ2v) is 4.88. The largest absolute Gasteiger partial charge is 0.497 e. The van der Waals surface area contributed by atoms with Crippen LogP contribution in [0.15, 0.2) is 24.5 Å². The predicted octanol–water partition coefficient (Wildman–Crippen LogP) is 2.30. The van der Waals surface area contributed by atoms with Crippen molar-refractivity contribution in [1.29, 1.82) is 0 Å². The number of rotatable bonds is 6. The standard InChI is InChI=1S/C15H19N3O3/c1-10(2)18-15(16-9-17-18)8-13(19)12-7-11(20-3)5-6-14(12)21-4/h5-7,9-10H,8H2,1-4H3. The molecule has 0 N–H and O–H groups in total. The summed E-state index contributed by atoms with van der Waals surface area (Å²) in [4.78, 5) is 16.7. The maximum absolute atomic E-state index is 12.5. The van der Waals surface area contributed by atoms with Crippen LogP contribution in [0.2, 0.25) is 0 Å². The molecule has 0 amide bonds. The van der Waals surface area contributed by atoms with Crippen LogP contribution in [-0.4, -0.2) is 34.8 Å². The fourth-order valence-corrected chi connectivity index (χ4v) is 2.10. The summed E-state index contributed by atoms with van der Waals surface area (Å²) in [6, 6.07) is 5.31. The van der Waals surface area contributed by atoms with E-state index < -0.39 is 0 Å². The summed E-state index contributed by atoms with van der Waals surface area (Å²) in [6.07, 6.45) is 1.63. The Morgan fingerprint density at radius 1 is 1.29 bits per heavy atom. The van der Waals surface area contributed by atoms with Gasteiger partial charge in [0.2, 0.25) is 0 Å². The molecule has 0 bridgehead atoms. The number of benzene rings is 1. The third-order valence-corrected chi connectivity index (χ3v) is 3.16. The maximum atomic E-state index is 12.5. The van der Waals surface area contributed by atoms with E-state index in [1.807, 2.05) is 13.8 Å². The molecule has 21 heavy (non-hydrogen) atoms. The first-order valence-corrected chi connectivity index (χ1v) is 6.70. The van der Waals surface area contributed by atoms with E-state index >= 15 is 0 Å². The second-order valence-electron chi connectivity index (χ2n) is 4.88. The lowest BCUT2D eigenvalue weighted by Crippen LogP contribution is -2.14. The molecular weight excluding hydrogens is 270 g/mol. The van der Waals surface area contributed by atoms with Crippen LogP contribution >= 0.6 is 0 Å². The summed E-state index contributed by atoms with van der Waals surface area (Å²) in [5.41, 5.74) is 0.482. The Labute approximate surface area is 123 Å². The maximum Gasteiger partial charge on any atom is 0.174 e. The van der Waals surface area contributed by atoms with E-state index in [9.17, 15) is 4.79 Å². The van der Waals surface area contributed by atoms with E-state index in [0.717, 1.165) is 0 Å². The van der Waals surface area contributed by atoms with Gasteiger partial charge in [0.1, 0.15) is 23.7 Å². The first-order valence-electron chi connectivity index (χ1n) is 6.70. The average Bonchev–Trinajstić information content (AvgIpc) is 2.94. The minimum absolute atomic E-state index is 0.0827. The SMILES string of the molecule is COc1ccc(OC)c(C(=O)Cc2ncnn2C(C)C)c1. The summed E-state index contributed by atoms with van der Waals surface area (Å²) in [7, 11) is 3.10. The molecule has 0 aliphatic rings. The van der Waals surface area contributed by atoms with Crippen molar-refractivity contribution < 1.29 is 14.3 Å². The molecular formula is C15H19N3O3. The molecule has 1 aromatic carbocycles. The molecule has 0 unspecified atom stereocenters. The number of carbonyl (C=O) groups is 1. The van der Waals surface area contributed by atoms with E-state index in [1.165, 1.54) is 13.4 Å². The van der Waals surface area contributed by atoms with Crippen molar-refractivity contribution in [2.75, 3.05) is 14.2 Å². The number of aromatic nitrogens is 3. The summed E-state index contributed by atoms with van der Waals surface area (Å²) < 4.78 is 12.1. The first kappa shape index (κ1) is 15.0. The van der Waals surface area contributed by atoms with Crippen molar-refractivity contribution in [3.05, 3.63) is 35.9 Å². The zero-order valence-corrected chi connectivity index (χ0v) is 12.7. The zero-order chi connectivity index (χ0) is 15.4. The third kappa shape index (κ3) is 3.21. The Bertz CT molecular complexity index is 635. The zero-order valence-electron chi connectivity index (χ0n) is 12.7. The molecule has 6 nitrogen and oxygen atoms in total. The molecule has 1 heterocycles. The number of carbonyl (C=O) groups excluding carboxylic acids is 1. The highest BCUT2D eigenvalue weighted by Gasteiger charge is 2.18. The average molecular weight is 289 g/mol. The molecule has 0 radical (unpaired) electrons. The minimum Gasteiger partial charge on any atom is -0.497 e. The monoisotopic (exact) mass is 289 g/mol. The van der Waals surface area contributed by atoms with Gasteiger partial charge in [-0.05, 0) is 32.0 Å². The van der Waals surface area contributed by atoms with Crippen molar-refractivity contribution in [3.63, 3.8) is 0 Å².